The number of thiophene rings is 1. The quantitative estimate of drug-likeness (QED) is 0.622. The highest BCUT2D eigenvalue weighted by Crippen LogP contribution is 2.37. The van der Waals surface area contributed by atoms with Gasteiger partial charge in [0.1, 0.15) is 5.75 Å². The Kier molecular flexibility index (Phi) is 2.91. The number of thiol groups is 1. The van der Waals surface area contributed by atoms with Gasteiger partial charge in [-0.1, -0.05) is 0 Å². The molecule has 0 aliphatic carbocycles. The highest BCUT2D eigenvalue weighted by Gasteiger charge is 2.08. The molecule has 0 aliphatic rings. The largest absolute Gasteiger partial charge is 0.495 e. The fourth-order valence-corrected chi connectivity index (χ4v) is 2.95. The van der Waals surface area contributed by atoms with Gasteiger partial charge in [-0.05, 0) is 18.2 Å². The highest BCUT2D eigenvalue weighted by molar-refractivity contribution is 7.80. The van der Waals surface area contributed by atoms with Crippen LogP contribution in [0, 0.1) is 0 Å². The first-order chi connectivity index (χ1) is 6.76. The van der Waals surface area contributed by atoms with E-state index in [0.29, 0.717) is 5.88 Å². The van der Waals surface area contributed by atoms with E-state index in [9.17, 15) is 0 Å². The van der Waals surface area contributed by atoms with Crippen molar-refractivity contribution in [2.75, 3.05) is 7.11 Å². The van der Waals surface area contributed by atoms with Crippen molar-refractivity contribution in [3.05, 3.63) is 23.1 Å². The third-order valence-corrected chi connectivity index (χ3v) is 4.01. The summed E-state index contributed by atoms with van der Waals surface area (Å²) < 4.78 is 6.39. The third-order valence-electron chi connectivity index (χ3n) is 2.03. The molecule has 0 radical (unpaired) electrons. The van der Waals surface area contributed by atoms with Crippen LogP contribution in [0.2, 0.25) is 0 Å². The zero-order chi connectivity index (χ0) is 10.1. The Morgan fingerprint density at radius 3 is 2.93 bits per heavy atom. The first kappa shape index (κ1) is 10.1. The Balaban J connectivity index is 2.74. The summed E-state index contributed by atoms with van der Waals surface area (Å²) in [4.78, 5) is 2.11. The predicted molar refractivity (Wildman–Crippen MR) is 65.2 cm³/mol. The van der Waals surface area contributed by atoms with Gasteiger partial charge in [0.05, 0.1) is 17.7 Å². The zero-order valence-electron chi connectivity index (χ0n) is 7.58. The maximum Gasteiger partial charge on any atom is 0.136 e. The molecule has 1 heterocycles. The molecule has 0 saturated carbocycles. The molecular formula is C10H9ClOS2. The van der Waals surface area contributed by atoms with Gasteiger partial charge in [0.25, 0.3) is 0 Å². The van der Waals surface area contributed by atoms with Crippen molar-refractivity contribution in [2.24, 2.45) is 0 Å². The summed E-state index contributed by atoms with van der Waals surface area (Å²) in [7, 11) is 1.67. The Morgan fingerprint density at radius 1 is 1.50 bits per heavy atom. The molecule has 0 N–H and O–H groups in total. The van der Waals surface area contributed by atoms with Gasteiger partial charge in [-0.3, -0.25) is 0 Å². The van der Waals surface area contributed by atoms with Crippen LogP contribution < -0.4 is 4.74 Å². The van der Waals surface area contributed by atoms with E-state index in [2.05, 4.69) is 18.7 Å². The van der Waals surface area contributed by atoms with Gasteiger partial charge in [-0.2, -0.15) is 0 Å². The second-order valence-electron chi connectivity index (χ2n) is 2.88. The molecule has 1 aromatic carbocycles. The number of hydrogen-bond acceptors (Lipinski definition) is 3. The first-order valence-corrected chi connectivity index (χ1v) is 5.90. The smallest absolute Gasteiger partial charge is 0.136 e. The predicted octanol–water partition coefficient (Wildman–Crippen LogP) is 3.94. The van der Waals surface area contributed by atoms with E-state index in [1.54, 1.807) is 18.4 Å². The van der Waals surface area contributed by atoms with Crippen LogP contribution in [0.3, 0.4) is 0 Å². The van der Waals surface area contributed by atoms with Crippen LogP contribution in [0.25, 0.3) is 10.1 Å². The molecule has 2 aromatic rings. The second kappa shape index (κ2) is 4.01. The molecule has 0 unspecified atom stereocenters. The minimum Gasteiger partial charge on any atom is -0.495 e. The van der Waals surface area contributed by atoms with Crippen LogP contribution in [-0.4, -0.2) is 7.11 Å². The number of ether oxygens (including phenoxy) is 1. The summed E-state index contributed by atoms with van der Waals surface area (Å²) >= 11 is 11.8. The molecule has 1 nitrogen and oxygen atoms in total. The molecule has 0 aliphatic heterocycles. The number of fused-ring (bicyclic) bond motifs is 1. The SMILES string of the molecule is COc1ccc(S)c2cc(CCl)sc12. The van der Waals surface area contributed by atoms with E-state index in [4.69, 9.17) is 16.3 Å². The molecule has 0 atom stereocenters. The Morgan fingerprint density at radius 2 is 2.29 bits per heavy atom. The maximum atomic E-state index is 5.79. The normalized spacial score (nSPS) is 10.8. The number of methoxy groups -OCH3 is 1. The lowest BCUT2D eigenvalue weighted by atomic mass is 10.2. The van der Waals surface area contributed by atoms with Gasteiger partial charge >= 0.3 is 0 Å². The van der Waals surface area contributed by atoms with E-state index in [0.717, 1.165) is 25.6 Å². The summed E-state index contributed by atoms with van der Waals surface area (Å²) in [6, 6.07) is 5.94. The van der Waals surface area contributed by atoms with Crippen LogP contribution in [-0.2, 0) is 5.88 Å². The van der Waals surface area contributed by atoms with E-state index in [-0.39, 0.29) is 0 Å². The number of benzene rings is 1. The minimum atomic E-state index is 0.537. The lowest BCUT2D eigenvalue weighted by Crippen LogP contribution is -1.81. The van der Waals surface area contributed by atoms with Gasteiger partial charge in [0, 0.05) is 15.2 Å². The number of rotatable bonds is 2. The van der Waals surface area contributed by atoms with Gasteiger partial charge < -0.3 is 4.74 Å². The van der Waals surface area contributed by atoms with Gasteiger partial charge in [-0.25, -0.2) is 0 Å². The van der Waals surface area contributed by atoms with Crippen LogP contribution >= 0.6 is 35.6 Å². The molecule has 0 amide bonds. The second-order valence-corrected chi connectivity index (χ2v) is 4.76. The lowest BCUT2D eigenvalue weighted by Gasteiger charge is -2.01. The van der Waals surface area contributed by atoms with E-state index >= 15 is 0 Å². The summed E-state index contributed by atoms with van der Waals surface area (Å²) in [6.07, 6.45) is 0. The van der Waals surface area contributed by atoms with Gasteiger partial charge in [-0.15, -0.1) is 35.6 Å². The fourth-order valence-electron chi connectivity index (χ4n) is 1.36. The molecule has 0 spiro atoms. The average Bonchev–Trinajstić information content (AvgIpc) is 2.63. The average molecular weight is 245 g/mol. The van der Waals surface area contributed by atoms with Crippen molar-refractivity contribution < 1.29 is 4.74 Å². The van der Waals surface area contributed by atoms with Crippen LogP contribution in [0.5, 0.6) is 5.75 Å². The molecule has 4 heteroatoms. The van der Waals surface area contributed by atoms with E-state index in [1.807, 2.05) is 12.1 Å². The molecule has 0 fully saturated rings. The standard InChI is InChI=1S/C10H9ClOS2/c1-12-8-2-3-9(13)7-4-6(5-11)14-10(7)8/h2-4,13H,5H2,1H3. The number of hydrogen-bond donors (Lipinski definition) is 1. The highest BCUT2D eigenvalue weighted by atomic mass is 35.5. The topological polar surface area (TPSA) is 9.23 Å². The summed E-state index contributed by atoms with van der Waals surface area (Å²) in [5.74, 6) is 1.43. The zero-order valence-corrected chi connectivity index (χ0v) is 10.0. The van der Waals surface area contributed by atoms with Crippen LogP contribution in [0.4, 0.5) is 0 Å². The Bertz CT molecular complexity index is 464. The van der Waals surface area contributed by atoms with Crippen molar-refractivity contribution in [1.82, 2.24) is 0 Å². The van der Waals surface area contributed by atoms with Crippen molar-refractivity contribution in [1.29, 1.82) is 0 Å². The van der Waals surface area contributed by atoms with E-state index in [1.165, 1.54) is 0 Å². The first-order valence-electron chi connectivity index (χ1n) is 4.10. The van der Waals surface area contributed by atoms with Crippen molar-refractivity contribution in [3.63, 3.8) is 0 Å². The molecular weight excluding hydrogens is 236 g/mol. The fraction of sp³-hybridized carbons (Fsp3) is 0.200. The molecule has 2 rings (SSSR count). The monoisotopic (exact) mass is 244 g/mol. The van der Waals surface area contributed by atoms with Crippen molar-refractivity contribution in [2.45, 2.75) is 10.8 Å². The molecule has 74 valence electrons. The van der Waals surface area contributed by atoms with Crippen molar-refractivity contribution >= 4 is 45.7 Å². The number of alkyl halides is 1. The molecule has 0 bridgehead atoms. The Hall–Kier alpha value is -0.380. The molecule has 1 aromatic heterocycles. The molecule has 0 saturated heterocycles. The van der Waals surface area contributed by atoms with Crippen LogP contribution in [0.15, 0.2) is 23.1 Å². The minimum absolute atomic E-state index is 0.537. The maximum absolute atomic E-state index is 5.79. The number of halogens is 1. The lowest BCUT2D eigenvalue weighted by molar-refractivity contribution is 0.420. The summed E-state index contributed by atoms with van der Waals surface area (Å²) in [6.45, 7) is 0. The summed E-state index contributed by atoms with van der Waals surface area (Å²) in [5.41, 5.74) is 0. The van der Waals surface area contributed by atoms with Gasteiger partial charge in [0.15, 0.2) is 0 Å². The Labute approximate surface area is 97.1 Å². The van der Waals surface area contributed by atoms with Gasteiger partial charge in [0.2, 0.25) is 0 Å². The van der Waals surface area contributed by atoms with Crippen LogP contribution in [0.1, 0.15) is 4.88 Å². The van der Waals surface area contributed by atoms with E-state index < -0.39 is 0 Å². The third kappa shape index (κ3) is 1.60. The van der Waals surface area contributed by atoms with Crippen molar-refractivity contribution in [3.8, 4) is 5.75 Å². The summed E-state index contributed by atoms with van der Waals surface area (Å²) in [5, 5.41) is 1.12. The molecule has 14 heavy (non-hydrogen) atoms.